The molecule has 2 aromatic rings. The normalized spacial score (nSPS) is 16.4. The van der Waals surface area contributed by atoms with Crippen LogP contribution >= 0.6 is 11.5 Å². The highest BCUT2D eigenvalue weighted by Gasteiger charge is 2.36. The van der Waals surface area contributed by atoms with Gasteiger partial charge in [-0.2, -0.15) is 13.2 Å². The minimum atomic E-state index is -4.34. The number of carbonyl (C=O) groups is 1. The van der Waals surface area contributed by atoms with E-state index < -0.39 is 11.7 Å². The molecule has 0 aliphatic carbocycles. The van der Waals surface area contributed by atoms with Crippen molar-refractivity contribution in [1.29, 1.82) is 0 Å². The lowest BCUT2D eigenvalue weighted by Gasteiger charge is -2.33. The van der Waals surface area contributed by atoms with Gasteiger partial charge in [0.1, 0.15) is 4.88 Å². The summed E-state index contributed by atoms with van der Waals surface area (Å²) in [4.78, 5) is 14.8. The maximum absolute atomic E-state index is 13.2. The van der Waals surface area contributed by atoms with Crippen LogP contribution in [0, 0.1) is 6.92 Å². The van der Waals surface area contributed by atoms with Crippen molar-refractivity contribution in [3.05, 3.63) is 52.0 Å². The van der Waals surface area contributed by atoms with Crippen LogP contribution in [0.5, 0.6) is 0 Å². The number of likely N-dealkylation sites (tertiary alicyclic amines) is 1. The predicted octanol–water partition coefficient (Wildman–Crippen LogP) is 4.49. The van der Waals surface area contributed by atoms with Crippen LogP contribution in [-0.4, -0.2) is 28.3 Å². The van der Waals surface area contributed by atoms with E-state index in [1.54, 1.807) is 23.2 Å². The first-order chi connectivity index (χ1) is 11.4. The molecular weight excluding hydrogens is 337 g/mol. The van der Waals surface area contributed by atoms with Crippen molar-refractivity contribution in [1.82, 2.24) is 9.27 Å². The quantitative estimate of drug-likeness (QED) is 0.796. The summed E-state index contributed by atoms with van der Waals surface area (Å²) in [5.41, 5.74) is 0.619. The molecule has 1 aromatic carbocycles. The Labute approximate surface area is 142 Å². The molecular formula is C17H17F3N2OS. The van der Waals surface area contributed by atoms with Gasteiger partial charge in [0.05, 0.1) is 5.56 Å². The Morgan fingerprint density at radius 2 is 1.92 bits per heavy atom. The molecule has 7 heteroatoms. The van der Waals surface area contributed by atoms with Crippen LogP contribution in [-0.2, 0) is 6.18 Å². The third-order valence-corrected chi connectivity index (χ3v) is 5.32. The fraction of sp³-hybridized carbons (Fsp3) is 0.412. The van der Waals surface area contributed by atoms with Crippen molar-refractivity contribution in [2.45, 2.75) is 31.9 Å². The Morgan fingerprint density at radius 3 is 2.50 bits per heavy atom. The number of benzene rings is 1. The second-order valence-corrected chi connectivity index (χ2v) is 6.79. The van der Waals surface area contributed by atoms with Crippen LogP contribution in [0.2, 0.25) is 0 Å². The Balaban J connectivity index is 1.72. The zero-order chi connectivity index (χ0) is 17.3. The molecule has 0 N–H and O–H groups in total. The monoisotopic (exact) mass is 354 g/mol. The number of carbonyl (C=O) groups excluding carboxylic acids is 1. The number of piperidine rings is 1. The Kier molecular flexibility index (Phi) is 4.62. The molecule has 1 fully saturated rings. The summed E-state index contributed by atoms with van der Waals surface area (Å²) in [5.74, 6) is -0.244. The van der Waals surface area contributed by atoms with Gasteiger partial charge in [-0.25, -0.2) is 4.37 Å². The molecule has 0 spiro atoms. The number of aromatic nitrogens is 1. The number of hydrogen-bond acceptors (Lipinski definition) is 3. The van der Waals surface area contributed by atoms with Crippen LogP contribution < -0.4 is 0 Å². The van der Waals surface area contributed by atoms with E-state index in [4.69, 9.17) is 0 Å². The standard InChI is InChI=1S/C17H17F3N2OS/c1-11-10-21-24-15(11)16(23)22-8-6-12(7-9-22)13-4-2-3-5-14(13)17(18,19)20/h2-5,10,12H,6-9H2,1H3. The minimum absolute atomic E-state index is 0.0717. The van der Waals surface area contributed by atoms with E-state index in [9.17, 15) is 18.0 Å². The SMILES string of the molecule is Cc1cnsc1C(=O)N1CCC(c2ccccc2C(F)(F)F)CC1. The predicted molar refractivity (Wildman–Crippen MR) is 86.2 cm³/mol. The van der Waals surface area contributed by atoms with Gasteiger partial charge >= 0.3 is 6.18 Å². The first-order valence-corrected chi connectivity index (χ1v) is 8.52. The van der Waals surface area contributed by atoms with Gasteiger partial charge in [-0.05, 0) is 54.4 Å². The Hall–Kier alpha value is -1.89. The summed E-state index contributed by atoms with van der Waals surface area (Å²) in [7, 11) is 0. The molecule has 0 atom stereocenters. The van der Waals surface area contributed by atoms with Crippen LogP contribution in [0.4, 0.5) is 13.2 Å². The average Bonchev–Trinajstić information content (AvgIpc) is 2.99. The summed E-state index contributed by atoms with van der Waals surface area (Å²) >= 11 is 1.16. The highest BCUT2D eigenvalue weighted by atomic mass is 32.1. The van der Waals surface area contributed by atoms with Crippen molar-refractivity contribution in [2.75, 3.05) is 13.1 Å². The maximum atomic E-state index is 13.2. The molecule has 1 aromatic heterocycles. The molecule has 1 saturated heterocycles. The second-order valence-electron chi connectivity index (χ2n) is 5.99. The minimum Gasteiger partial charge on any atom is -0.338 e. The van der Waals surface area contributed by atoms with Crippen molar-refractivity contribution < 1.29 is 18.0 Å². The third kappa shape index (κ3) is 3.31. The zero-order valence-corrected chi connectivity index (χ0v) is 14.0. The van der Waals surface area contributed by atoms with Crippen molar-refractivity contribution in [3.8, 4) is 0 Å². The number of nitrogens with zero attached hydrogens (tertiary/aromatic N) is 2. The van der Waals surface area contributed by atoms with E-state index in [2.05, 4.69) is 4.37 Å². The molecule has 3 rings (SSSR count). The summed E-state index contributed by atoms with van der Waals surface area (Å²) in [6, 6.07) is 5.74. The number of halogens is 3. The van der Waals surface area contributed by atoms with E-state index >= 15 is 0 Å². The molecule has 0 radical (unpaired) electrons. The summed E-state index contributed by atoms with van der Waals surface area (Å²) in [5, 5.41) is 0. The van der Waals surface area contributed by atoms with Gasteiger partial charge in [0, 0.05) is 19.3 Å². The first kappa shape index (κ1) is 17.0. The number of hydrogen-bond donors (Lipinski definition) is 0. The molecule has 24 heavy (non-hydrogen) atoms. The molecule has 2 heterocycles. The van der Waals surface area contributed by atoms with E-state index in [1.165, 1.54) is 6.07 Å². The zero-order valence-electron chi connectivity index (χ0n) is 13.1. The van der Waals surface area contributed by atoms with Gasteiger partial charge in [0.25, 0.3) is 5.91 Å². The molecule has 0 unspecified atom stereocenters. The second kappa shape index (κ2) is 6.55. The fourth-order valence-corrected chi connectivity index (χ4v) is 3.86. The van der Waals surface area contributed by atoms with Crippen LogP contribution in [0.15, 0.2) is 30.5 Å². The molecule has 1 amide bonds. The van der Waals surface area contributed by atoms with Gasteiger partial charge < -0.3 is 4.90 Å². The lowest BCUT2D eigenvalue weighted by atomic mass is 9.86. The number of alkyl halides is 3. The number of amides is 1. The number of aryl methyl sites for hydroxylation is 1. The van der Waals surface area contributed by atoms with E-state index in [0.29, 0.717) is 36.4 Å². The molecule has 1 aliphatic rings. The topological polar surface area (TPSA) is 33.2 Å². The average molecular weight is 354 g/mol. The van der Waals surface area contributed by atoms with Gasteiger partial charge in [-0.1, -0.05) is 18.2 Å². The Bertz CT molecular complexity index is 733. The molecule has 3 nitrogen and oxygen atoms in total. The molecule has 0 saturated carbocycles. The Morgan fingerprint density at radius 1 is 1.25 bits per heavy atom. The fourth-order valence-electron chi connectivity index (χ4n) is 3.14. The molecule has 0 bridgehead atoms. The number of rotatable bonds is 2. The lowest BCUT2D eigenvalue weighted by Crippen LogP contribution is -2.38. The summed E-state index contributed by atoms with van der Waals surface area (Å²) in [6.45, 7) is 2.77. The lowest BCUT2D eigenvalue weighted by molar-refractivity contribution is -0.138. The first-order valence-electron chi connectivity index (χ1n) is 7.74. The van der Waals surface area contributed by atoms with E-state index in [1.807, 2.05) is 6.92 Å². The van der Waals surface area contributed by atoms with Crippen LogP contribution in [0.3, 0.4) is 0 Å². The van der Waals surface area contributed by atoms with Crippen LogP contribution in [0.25, 0.3) is 0 Å². The third-order valence-electron chi connectivity index (χ3n) is 4.43. The largest absolute Gasteiger partial charge is 0.416 e. The van der Waals surface area contributed by atoms with Crippen LogP contribution in [0.1, 0.15) is 45.1 Å². The van der Waals surface area contributed by atoms with Gasteiger partial charge in [0.15, 0.2) is 0 Å². The summed E-state index contributed by atoms with van der Waals surface area (Å²) < 4.78 is 43.5. The van der Waals surface area contributed by atoms with E-state index in [-0.39, 0.29) is 11.8 Å². The van der Waals surface area contributed by atoms with Crippen molar-refractivity contribution in [3.63, 3.8) is 0 Å². The molecule has 1 aliphatic heterocycles. The summed E-state index contributed by atoms with van der Waals surface area (Å²) in [6.07, 6.45) is -1.61. The highest BCUT2D eigenvalue weighted by molar-refractivity contribution is 7.08. The van der Waals surface area contributed by atoms with E-state index in [0.717, 1.165) is 23.2 Å². The molecule has 128 valence electrons. The van der Waals surface area contributed by atoms with Gasteiger partial charge in [-0.15, -0.1) is 0 Å². The smallest absolute Gasteiger partial charge is 0.338 e. The van der Waals surface area contributed by atoms with Gasteiger partial charge in [0.2, 0.25) is 0 Å². The maximum Gasteiger partial charge on any atom is 0.416 e. The van der Waals surface area contributed by atoms with Gasteiger partial charge in [-0.3, -0.25) is 4.79 Å². The highest BCUT2D eigenvalue weighted by Crippen LogP contribution is 2.38. The van der Waals surface area contributed by atoms with Crippen molar-refractivity contribution >= 4 is 17.4 Å². The van der Waals surface area contributed by atoms with Crippen molar-refractivity contribution in [2.24, 2.45) is 0 Å².